The molecule has 0 N–H and O–H groups in total. The molecule has 0 bridgehead atoms. The van der Waals surface area contributed by atoms with Crippen LogP contribution in [0.1, 0.15) is 34.1 Å². The van der Waals surface area contributed by atoms with Crippen molar-refractivity contribution in [2.75, 3.05) is 31.1 Å². The van der Waals surface area contributed by atoms with Crippen LogP contribution in [0.25, 0.3) is 0 Å². The van der Waals surface area contributed by atoms with Crippen molar-refractivity contribution in [2.24, 2.45) is 18.4 Å². The van der Waals surface area contributed by atoms with Gasteiger partial charge < -0.3 is 9.80 Å². The minimum absolute atomic E-state index is 0.259. The lowest BCUT2D eigenvalue weighted by molar-refractivity contribution is -0.141. The number of piperazine rings is 1. The van der Waals surface area contributed by atoms with Crippen molar-refractivity contribution >= 4 is 11.6 Å². The van der Waals surface area contributed by atoms with Crippen LogP contribution in [-0.2, 0) is 11.8 Å². The highest BCUT2D eigenvalue weighted by Gasteiger charge is 2.34. The zero-order chi connectivity index (χ0) is 15.6. The van der Waals surface area contributed by atoms with Crippen molar-refractivity contribution in [2.45, 2.75) is 34.1 Å². The molecule has 1 aliphatic heterocycles. The quantitative estimate of drug-likeness (QED) is 0.854. The molecule has 5 heteroatoms. The number of carbonyl (C=O) groups is 1. The summed E-state index contributed by atoms with van der Waals surface area (Å²) in [5, 5.41) is 4.21. The van der Waals surface area contributed by atoms with Crippen molar-refractivity contribution in [3.05, 3.63) is 12.4 Å². The molecule has 0 saturated carbocycles. The van der Waals surface area contributed by atoms with Crippen molar-refractivity contribution in [3.8, 4) is 0 Å². The standard InChI is InChI=1S/C16H28N4O/c1-13(2)10-16(3,4)15(21)20-8-6-19(7-9-20)14-11-17-18(5)12-14/h11-13H,6-10H2,1-5H3. The fourth-order valence-electron chi connectivity index (χ4n) is 3.28. The van der Waals surface area contributed by atoms with Gasteiger partial charge in [0.05, 0.1) is 11.9 Å². The van der Waals surface area contributed by atoms with E-state index in [4.69, 9.17) is 0 Å². The Kier molecular flexibility index (Phi) is 4.59. The number of aromatic nitrogens is 2. The highest BCUT2D eigenvalue weighted by molar-refractivity contribution is 5.82. The van der Waals surface area contributed by atoms with Gasteiger partial charge in [0.15, 0.2) is 0 Å². The number of carbonyl (C=O) groups excluding carboxylic acids is 1. The number of anilines is 1. The summed E-state index contributed by atoms with van der Waals surface area (Å²) in [6.45, 7) is 11.9. The van der Waals surface area contributed by atoms with Gasteiger partial charge in [-0.15, -0.1) is 0 Å². The van der Waals surface area contributed by atoms with Crippen molar-refractivity contribution in [1.29, 1.82) is 0 Å². The molecular formula is C16H28N4O. The van der Waals surface area contributed by atoms with E-state index in [-0.39, 0.29) is 5.41 Å². The lowest BCUT2D eigenvalue weighted by Gasteiger charge is -2.39. The second-order valence-electron chi connectivity index (χ2n) is 7.13. The maximum absolute atomic E-state index is 12.7. The van der Waals surface area contributed by atoms with E-state index in [1.807, 2.05) is 29.0 Å². The third kappa shape index (κ3) is 3.77. The molecule has 118 valence electrons. The minimum atomic E-state index is -0.259. The van der Waals surface area contributed by atoms with E-state index in [1.54, 1.807) is 0 Å². The van der Waals surface area contributed by atoms with Crippen molar-refractivity contribution < 1.29 is 4.79 Å². The van der Waals surface area contributed by atoms with Crippen LogP contribution in [0, 0.1) is 11.3 Å². The zero-order valence-corrected chi connectivity index (χ0v) is 14.0. The molecule has 0 atom stereocenters. The molecule has 1 aromatic rings. The maximum atomic E-state index is 12.7. The van der Waals surface area contributed by atoms with E-state index in [2.05, 4.69) is 37.7 Å². The van der Waals surface area contributed by atoms with E-state index in [0.29, 0.717) is 11.8 Å². The zero-order valence-electron chi connectivity index (χ0n) is 14.0. The number of rotatable bonds is 4. The average molecular weight is 292 g/mol. The molecule has 0 unspecified atom stereocenters. The Labute approximate surface area is 127 Å². The SMILES string of the molecule is CC(C)CC(C)(C)C(=O)N1CCN(c2cnn(C)c2)CC1. The molecule has 21 heavy (non-hydrogen) atoms. The molecule has 1 aliphatic rings. The Morgan fingerprint density at radius 1 is 1.29 bits per heavy atom. The first-order valence-corrected chi connectivity index (χ1v) is 7.82. The van der Waals surface area contributed by atoms with Crippen LogP contribution in [0.4, 0.5) is 5.69 Å². The van der Waals surface area contributed by atoms with Crippen LogP contribution in [0.2, 0.25) is 0 Å². The first-order valence-electron chi connectivity index (χ1n) is 7.82. The van der Waals surface area contributed by atoms with Gasteiger partial charge in [0.25, 0.3) is 0 Å². The monoisotopic (exact) mass is 292 g/mol. The third-order valence-corrected chi connectivity index (χ3v) is 4.12. The first-order chi connectivity index (χ1) is 9.79. The number of aryl methyl sites for hydroxylation is 1. The topological polar surface area (TPSA) is 41.4 Å². The third-order valence-electron chi connectivity index (χ3n) is 4.12. The fourth-order valence-corrected chi connectivity index (χ4v) is 3.28. The minimum Gasteiger partial charge on any atom is -0.365 e. The Balaban J connectivity index is 1.93. The van der Waals surface area contributed by atoms with Crippen molar-refractivity contribution in [1.82, 2.24) is 14.7 Å². The van der Waals surface area contributed by atoms with Crippen LogP contribution >= 0.6 is 0 Å². The number of amides is 1. The van der Waals surface area contributed by atoms with Crippen LogP contribution in [0.3, 0.4) is 0 Å². The smallest absolute Gasteiger partial charge is 0.228 e. The molecule has 1 fully saturated rings. The predicted octanol–water partition coefficient (Wildman–Crippen LogP) is 2.14. The van der Waals surface area contributed by atoms with Gasteiger partial charge in [0.2, 0.25) is 5.91 Å². The largest absolute Gasteiger partial charge is 0.365 e. The van der Waals surface area contributed by atoms with Gasteiger partial charge in [-0.25, -0.2) is 0 Å². The van der Waals surface area contributed by atoms with Gasteiger partial charge in [0.1, 0.15) is 0 Å². The van der Waals surface area contributed by atoms with E-state index < -0.39 is 0 Å². The summed E-state index contributed by atoms with van der Waals surface area (Å²) >= 11 is 0. The Morgan fingerprint density at radius 2 is 1.90 bits per heavy atom. The average Bonchev–Trinajstić information content (AvgIpc) is 2.83. The number of nitrogens with zero attached hydrogens (tertiary/aromatic N) is 4. The Bertz CT molecular complexity index is 484. The molecule has 0 radical (unpaired) electrons. The molecule has 0 aromatic carbocycles. The van der Waals surface area contributed by atoms with Gasteiger partial charge in [-0.05, 0) is 12.3 Å². The van der Waals surface area contributed by atoms with Crippen molar-refractivity contribution in [3.63, 3.8) is 0 Å². The van der Waals surface area contributed by atoms with Crippen LogP contribution in [0.15, 0.2) is 12.4 Å². The highest BCUT2D eigenvalue weighted by atomic mass is 16.2. The lowest BCUT2D eigenvalue weighted by Crippen LogP contribution is -2.52. The lowest BCUT2D eigenvalue weighted by atomic mass is 9.82. The van der Waals surface area contributed by atoms with Gasteiger partial charge in [-0.1, -0.05) is 27.7 Å². The summed E-state index contributed by atoms with van der Waals surface area (Å²) in [5.74, 6) is 0.836. The van der Waals surface area contributed by atoms with Gasteiger partial charge >= 0.3 is 0 Å². The molecule has 2 heterocycles. The summed E-state index contributed by atoms with van der Waals surface area (Å²) in [6.07, 6.45) is 4.86. The van der Waals surface area contributed by atoms with Gasteiger partial charge in [-0.2, -0.15) is 5.10 Å². The summed E-state index contributed by atoms with van der Waals surface area (Å²) in [6, 6.07) is 0. The summed E-state index contributed by atoms with van der Waals surface area (Å²) in [7, 11) is 1.93. The fraction of sp³-hybridized carbons (Fsp3) is 0.750. The Morgan fingerprint density at radius 3 is 2.38 bits per heavy atom. The first kappa shape index (κ1) is 15.9. The summed E-state index contributed by atoms with van der Waals surface area (Å²) in [5.41, 5.74) is 0.885. The van der Waals surface area contributed by atoms with Crippen LogP contribution < -0.4 is 4.90 Å². The van der Waals surface area contributed by atoms with Crippen LogP contribution in [0.5, 0.6) is 0 Å². The number of hydrogen-bond donors (Lipinski definition) is 0. The number of hydrogen-bond acceptors (Lipinski definition) is 3. The normalized spacial score (nSPS) is 16.7. The van der Waals surface area contributed by atoms with Gasteiger partial charge in [0, 0.05) is 44.8 Å². The van der Waals surface area contributed by atoms with E-state index in [0.717, 1.165) is 38.3 Å². The van der Waals surface area contributed by atoms with E-state index in [9.17, 15) is 4.79 Å². The summed E-state index contributed by atoms with van der Waals surface area (Å²) in [4.78, 5) is 17.0. The summed E-state index contributed by atoms with van der Waals surface area (Å²) < 4.78 is 1.82. The van der Waals surface area contributed by atoms with E-state index >= 15 is 0 Å². The highest BCUT2D eigenvalue weighted by Crippen LogP contribution is 2.28. The maximum Gasteiger partial charge on any atom is 0.228 e. The van der Waals surface area contributed by atoms with Gasteiger partial charge in [-0.3, -0.25) is 9.48 Å². The molecule has 1 saturated heterocycles. The molecule has 0 aliphatic carbocycles. The second-order valence-corrected chi connectivity index (χ2v) is 7.13. The molecular weight excluding hydrogens is 264 g/mol. The predicted molar refractivity (Wildman–Crippen MR) is 85.2 cm³/mol. The molecule has 2 rings (SSSR count). The van der Waals surface area contributed by atoms with E-state index in [1.165, 1.54) is 0 Å². The molecule has 1 aromatic heterocycles. The Hall–Kier alpha value is -1.52. The molecule has 0 spiro atoms. The second kappa shape index (κ2) is 6.08. The molecule has 5 nitrogen and oxygen atoms in total. The van der Waals surface area contributed by atoms with Crippen LogP contribution in [-0.4, -0.2) is 46.8 Å². The molecule has 1 amide bonds.